The first-order chi connectivity index (χ1) is 10.0. The predicted molar refractivity (Wildman–Crippen MR) is 80.3 cm³/mol. The zero-order valence-corrected chi connectivity index (χ0v) is 12.5. The minimum absolute atomic E-state index is 0.249. The number of methoxy groups -OCH3 is 1. The van der Waals surface area contributed by atoms with Gasteiger partial charge in [-0.15, -0.1) is 0 Å². The van der Waals surface area contributed by atoms with Gasteiger partial charge >= 0.3 is 0 Å². The lowest BCUT2D eigenvalue weighted by molar-refractivity contribution is 0.0383. The second-order valence-electron chi connectivity index (χ2n) is 5.43. The third kappa shape index (κ3) is 2.52. The van der Waals surface area contributed by atoms with Gasteiger partial charge in [-0.25, -0.2) is 4.39 Å². The van der Waals surface area contributed by atoms with E-state index in [9.17, 15) is 9.50 Å². The molecule has 0 fully saturated rings. The Hall–Kier alpha value is -1.58. The van der Waals surface area contributed by atoms with Crippen molar-refractivity contribution in [2.75, 3.05) is 7.11 Å². The molecule has 0 amide bonds. The summed E-state index contributed by atoms with van der Waals surface area (Å²) < 4.78 is 19.1. The average Bonchev–Trinajstić information content (AvgIpc) is 2.78. The molecule has 3 rings (SSSR count). The van der Waals surface area contributed by atoms with Gasteiger partial charge in [-0.3, -0.25) is 0 Å². The highest BCUT2D eigenvalue weighted by Gasteiger charge is 2.38. The fraction of sp³-hybridized carbons (Fsp3) is 0.294. The topological polar surface area (TPSA) is 29.5 Å². The zero-order valence-electron chi connectivity index (χ0n) is 11.7. The number of ether oxygens (including phenoxy) is 1. The fourth-order valence-corrected chi connectivity index (χ4v) is 3.29. The molecule has 4 heteroatoms. The maximum atomic E-state index is 13.8. The van der Waals surface area contributed by atoms with Crippen LogP contribution in [-0.4, -0.2) is 12.2 Å². The third-order valence-corrected chi connectivity index (χ3v) is 4.37. The lowest BCUT2D eigenvalue weighted by atomic mass is 9.88. The second kappa shape index (κ2) is 5.32. The van der Waals surface area contributed by atoms with E-state index in [1.807, 2.05) is 0 Å². The third-order valence-electron chi connectivity index (χ3n) is 4.13. The van der Waals surface area contributed by atoms with Gasteiger partial charge in [0.1, 0.15) is 11.6 Å². The number of aliphatic hydroxyl groups is 1. The lowest BCUT2D eigenvalue weighted by Crippen LogP contribution is -2.25. The van der Waals surface area contributed by atoms with Gasteiger partial charge in [-0.2, -0.15) is 0 Å². The molecule has 1 atom stereocenters. The molecule has 2 aromatic rings. The zero-order chi connectivity index (χ0) is 15.0. The Bertz CT molecular complexity index is 686. The van der Waals surface area contributed by atoms with Crippen molar-refractivity contribution >= 4 is 11.6 Å². The number of hydrogen-bond donors (Lipinski definition) is 1. The van der Waals surface area contributed by atoms with E-state index in [4.69, 9.17) is 16.3 Å². The summed E-state index contributed by atoms with van der Waals surface area (Å²) in [6.45, 7) is 0. The van der Waals surface area contributed by atoms with Gasteiger partial charge in [0, 0.05) is 11.4 Å². The van der Waals surface area contributed by atoms with Gasteiger partial charge < -0.3 is 9.84 Å². The van der Waals surface area contributed by atoms with Crippen molar-refractivity contribution < 1.29 is 14.2 Å². The smallest absolute Gasteiger partial charge is 0.126 e. The van der Waals surface area contributed by atoms with E-state index in [1.165, 1.54) is 6.07 Å². The normalized spacial score (nSPS) is 20.4. The van der Waals surface area contributed by atoms with Crippen LogP contribution in [0.2, 0.25) is 5.02 Å². The van der Waals surface area contributed by atoms with E-state index in [0.29, 0.717) is 41.2 Å². The predicted octanol–water partition coefficient (Wildman–Crippen LogP) is 3.86. The Morgan fingerprint density at radius 3 is 2.90 bits per heavy atom. The Morgan fingerprint density at radius 2 is 2.14 bits per heavy atom. The van der Waals surface area contributed by atoms with Crippen molar-refractivity contribution in [3.05, 3.63) is 63.9 Å². The molecule has 1 unspecified atom stereocenters. The van der Waals surface area contributed by atoms with Crippen LogP contribution in [-0.2, 0) is 18.4 Å². The molecule has 0 saturated heterocycles. The van der Waals surface area contributed by atoms with Gasteiger partial charge in [0.2, 0.25) is 0 Å². The fourth-order valence-electron chi connectivity index (χ4n) is 3.10. The maximum absolute atomic E-state index is 13.8. The molecule has 0 saturated carbocycles. The number of hydrogen-bond acceptors (Lipinski definition) is 2. The van der Waals surface area contributed by atoms with E-state index in [0.717, 1.165) is 5.56 Å². The van der Waals surface area contributed by atoms with E-state index < -0.39 is 5.60 Å². The highest BCUT2D eigenvalue weighted by atomic mass is 35.5. The van der Waals surface area contributed by atoms with Crippen molar-refractivity contribution in [3.63, 3.8) is 0 Å². The van der Waals surface area contributed by atoms with Crippen molar-refractivity contribution in [2.24, 2.45) is 0 Å². The molecule has 0 heterocycles. The molecule has 2 aromatic carbocycles. The van der Waals surface area contributed by atoms with E-state index in [1.54, 1.807) is 37.4 Å². The molecule has 1 aliphatic rings. The largest absolute Gasteiger partial charge is 0.496 e. The molecule has 0 aliphatic heterocycles. The van der Waals surface area contributed by atoms with Gasteiger partial charge in [0.15, 0.2) is 0 Å². The monoisotopic (exact) mass is 306 g/mol. The molecule has 1 aliphatic carbocycles. The van der Waals surface area contributed by atoms with Crippen molar-refractivity contribution in [1.29, 1.82) is 0 Å². The molecular formula is C17H16ClFO2. The van der Waals surface area contributed by atoms with Gasteiger partial charge in [-0.05, 0) is 53.8 Å². The van der Waals surface area contributed by atoms with Crippen LogP contribution in [0.25, 0.3) is 0 Å². The van der Waals surface area contributed by atoms with E-state index in [2.05, 4.69) is 0 Å². The van der Waals surface area contributed by atoms with Crippen LogP contribution in [0.15, 0.2) is 36.4 Å². The summed E-state index contributed by atoms with van der Waals surface area (Å²) in [4.78, 5) is 0. The molecule has 0 aromatic heterocycles. The molecule has 0 spiro atoms. The Balaban J connectivity index is 2.00. The average molecular weight is 307 g/mol. The maximum Gasteiger partial charge on any atom is 0.126 e. The van der Waals surface area contributed by atoms with Crippen molar-refractivity contribution in [2.45, 2.75) is 24.9 Å². The molecule has 110 valence electrons. The summed E-state index contributed by atoms with van der Waals surface area (Å²) in [6, 6.07) is 10.2. The van der Waals surface area contributed by atoms with Crippen LogP contribution in [0, 0.1) is 5.82 Å². The first kappa shape index (κ1) is 14.4. The SMILES string of the molecule is COc1ccc(Cl)cc1CC1(O)CCc2c(F)cccc21. The minimum Gasteiger partial charge on any atom is -0.496 e. The first-order valence-electron chi connectivity index (χ1n) is 6.86. The highest BCUT2D eigenvalue weighted by Crippen LogP contribution is 2.42. The Labute approximate surface area is 128 Å². The van der Waals surface area contributed by atoms with Crippen LogP contribution < -0.4 is 4.74 Å². The van der Waals surface area contributed by atoms with Crippen LogP contribution in [0.4, 0.5) is 4.39 Å². The van der Waals surface area contributed by atoms with Crippen LogP contribution in [0.3, 0.4) is 0 Å². The quantitative estimate of drug-likeness (QED) is 0.933. The lowest BCUT2D eigenvalue weighted by Gasteiger charge is -2.25. The summed E-state index contributed by atoms with van der Waals surface area (Å²) in [5, 5.41) is 11.6. The number of halogens is 2. The van der Waals surface area contributed by atoms with Crippen molar-refractivity contribution in [3.8, 4) is 5.75 Å². The molecule has 2 nitrogen and oxygen atoms in total. The number of benzene rings is 2. The van der Waals surface area contributed by atoms with Crippen LogP contribution >= 0.6 is 11.6 Å². The highest BCUT2D eigenvalue weighted by molar-refractivity contribution is 6.30. The summed E-state index contributed by atoms with van der Waals surface area (Å²) in [7, 11) is 1.58. The van der Waals surface area contributed by atoms with E-state index in [-0.39, 0.29) is 5.82 Å². The standard InChI is InChI=1S/C17H16ClFO2/c1-21-16-6-5-12(18)9-11(16)10-17(20)8-7-13-14(17)3-2-4-15(13)19/h2-6,9,20H,7-8,10H2,1H3. The van der Waals surface area contributed by atoms with E-state index >= 15 is 0 Å². The first-order valence-corrected chi connectivity index (χ1v) is 7.24. The number of rotatable bonds is 3. The minimum atomic E-state index is -1.07. The number of fused-ring (bicyclic) bond motifs is 1. The summed E-state index contributed by atoms with van der Waals surface area (Å²) in [5.74, 6) is 0.430. The molecule has 0 bridgehead atoms. The van der Waals surface area contributed by atoms with Gasteiger partial charge in [0.05, 0.1) is 12.7 Å². The second-order valence-corrected chi connectivity index (χ2v) is 5.87. The molecule has 0 radical (unpaired) electrons. The van der Waals surface area contributed by atoms with Gasteiger partial charge in [0.25, 0.3) is 0 Å². The molecular weight excluding hydrogens is 291 g/mol. The summed E-state index contributed by atoms with van der Waals surface area (Å²) >= 11 is 6.03. The summed E-state index contributed by atoms with van der Waals surface area (Å²) in [5.41, 5.74) is 1.03. The molecule has 21 heavy (non-hydrogen) atoms. The van der Waals surface area contributed by atoms with Gasteiger partial charge in [-0.1, -0.05) is 23.7 Å². The van der Waals surface area contributed by atoms with Crippen molar-refractivity contribution in [1.82, 2.24) is 0 Å². The Morgan fingerprint density at radius 1 is 1.33 bits per heavy atom. The van der Waals surface area contributed by atoms with Crippen LogP contribution in [0.5, 0.6) is 5.75 Å². The summed E-state index contributed by atoms with van der Waals surface area (Å²) in [6.07, 6.45) is 1.40. The van der Waals surface area contributed by atoms with Crippen LogP contribution in [0.1, 0.15) is 23.1 Å². The Kier molecular flexibility index (Phi) is 3.64. The molecule has 1 N–H and O–H groups in total.